The van der Waals surface area contributed by atoms with E-state index in [1.807, 2.05) is 4.90 Å². The number of amides is 1. The van der Waals surface area contributed by atoms with Crippen LogP contribution >= 0.6 is 0 Å². The standard InChI is InChI=1S/C21H21FN2O3/c22-18-10-14(3-7-20(18)27-17-2-1-9-23-12-17)4-8-21(26)24-16-5-6-19(24)15(11-16)13-25/h1-4,7-10,12,15-16,19,25H,5-6,11,13H2/b8-4+/t15-,16+,19-/m0/s1. The average Bonchev–Trinajstić information content (AvgIpc) is 3.27. The van der Waals surface area contributed by atoms with Gasteiger partial charge in [-0.05, 0) is 55.2 Å². The molecule has 0 spiro atoms. The molecule has 0 aliphatic carbocycles. The smallest absolute Gasteiger partial charge is 0.247 e. The number of hydrogen-bond donors (Lipinski definition) is 1. The van der Waals surface area contributed by atoms with E-state index in [1.54, 1.807) is 30.5 Å². The highest BCUT2D eigenvalue weighted by Gasteiger charge is 2.47. The van der Waals surface area contributed by atoms with Gasteiger partial charge in [0.1, 0.15) is 5.75 Å². The van der Waals surface area contributed by atoms with Crippen molar-refractivity contribution >= 4 is 12.0 Å². The lowest BCUT2D eigenvalue weighted by molar-refractivity contribution is -0.127. The number of carbonyl (C=O) groups excluding carboxylic acids is 1. The average molecular weight is 368 g/mol. The number of rotatable bonds is 5. The van der Waals surface area contributed by atoms with Crippen LogP contribution in [-0.4, -0.2) is 39.6 Å². The number of hydrogen-bond acceptors (Lipinski definition) is 4. The van der Waals surface area contributed by atoms with E-state index in [-0.39, 0.29) is 36.3 Å². The van der Waals surface area contributed by atoms with Gasteiger partial charge in [-0.3, -0.25) is 9.78 Å². The molecular formula is C21H21FN2O3. The third kappa shape index (κ3) is 3.57. The lowest BCUT2D eigenvalue weighted by atomic mass is 9.90. The van der Waals surface area contributed by atoms with E-state index in [4.69, 9.17) is 4.74 Å². The highest BCUT2D eigenvalue weighted by molar-refractivity contribution is 5.92. The van der Waals surface area contributed by atoms with Gasteiger partial charge >= 0.3 is 0 Å². The summed E-state index contributed by atoms with van der Waals surface area (Å²) in [6.07, 6.45) is 9.04. The van der Waals surface area contributed by atoms with Gasteiger partial charge in [-0.25, -0.2) is 4.39 Å². The fourth-order valence-corrected chi connectivity index (χ4v) is 4.14. The Morgan fingerprint density at radius 1 is 1.37 bits per heavy atom. The van der Waals surface area contributed by atoms with Gasteiger partial charge in [0.05, 0.1) is 6.20 Å². The molecule has 1 aromatic carbocycles. The second kappa shape index (κ2) is 7.48. The summed E-state index contributed by atoms with van der Waals surface area (Å²) in [5.74, 6) is 0.166. The Morgan fingerprint density at radius 2 is 2.26 bits per heavy atom. The predicted octanol–water partition coefficient (Wildman–Crippen LogP) is 3.40. The molecule has 3 atom stereocenters. The Bertz CT molecular complexity index is 856. The summed E-state index contributed by atoms with van der Waals surface area (Å²) in [5.41, 5.74) is 0.588. The van der Waals surface area contributed by atoms with Crippen LogP contribution in [0.4, 0.5) is 4.39 Å². The van der Waals surface area contributed by atoms with Crippen molar-refractivity contribution in [1.29, 1.82) is 0 Å². The predicted molar refractivity (Wildman–Crippen MR) is 98.6 cm³/mol. The van der Waals surface area contributed by atoms with Crippen LogP contribution in [0.3, 0.4) is 0 Å². The Morgan fingerprint density at radius 3 is 2.96 bits per heavy atom. The fourth-order valence-electron chi connectivity index (χ4n) is 4.14. The molecule has 4 rings (SSSR count). The number of aromatic nitrogens is 1. The topological polar surface area (TPSA) is 62.7 Å². The van der Waals surface area contributed by atoms with Crippen molar-refractivity contribution in [2.75, 3.05) is 6.61 Å². The number of aliphatic hydroxyl groups excluding tert-OH is 1. The molecule has 0 unspecified atom stereocenters. The summed E-state index contributed by atoms with van der Waals surface area (Å²) >= 11 is 0. The number of nitrogens with zero attached hydrogens (tertiary/aromatic N) is 2. The molecule has 0 saturated carbocycles. The zero-order valence-corrected chi connectivity index (χ0v) is 14.8. The molecule has 6 heteroatoms. The van der Waals surface area contributed by atoms with Gasteiger partial charge in [0.2, 0.25) is 5.91 Å². The quantitative estimate of drug-likeness (QED) is 0.822. The second-order valence-corrected chi connectivity index (χ2v) is 7.04. The SMILES string of the molecule is O=C(/C=C/c1ccc(Oc2cccnc2)c(F)c1)N1[C@@H]2CC[C@H]1[C@H](CO)C2. The molecule has 2 aliphatic rings. The molecule has 1 aromatic heterocycles. The molecule has 27 heavy (non-hydrogen) atoms. The third-order valence-corrected chi connectivity index (χ3v) is 5.39. The van der Waals surface area contributed by atoms with Crippen molar-refractivity contribution in [3.05, 3.63) is 60.2 Å². The van der Waals surface area contributed by atoms with E-state index in [1.165, 1.54) is 24.4 Å². The Labute approximate surface area is 157 Å². The fraction of sp³-hybridized carbons (Fsp3) is 0.333. The zero-order valence-electron chi connectivity index (χ0n) is 14.8. The van der Waals surface area contributed by atoms with E-state index in [0.717, 1.165) is 19.3 Å². The minimum atomic E-state index is -0.505. The summed E-state index contributed by atoms with van der Waals surface area (Å²) < 4.78 is 19.8. The van der Waals surface area contributed by atoms with Crippen molar-refractivity contribution < 1.29 is 19.0 Å². The molecule has 5 nitrogen and oxygen atoms in total. The molecule has 2 aliphatic heterocycles. The minimum absolute atomic E-state index is 0.0745. The van der Waals surface area contributed by atoms with E-state index in [0.29, 0.717) is 11.3 Å². The molecular weight excluding hydrogens is 347 g/mol. The van der Waals surface area contributed by atoms with Crippen molar-refractivity contribution in [1.82, 2.24) is 9.88 Å². The van der Waals surface area contributed by atoms with Gasteiger partial charge < -0.3 is 14.7 Å². The van der Waals surface area contributed by atoms with Crippen LogP contribution in [0.15, 0.2) is 48.8 Å². The molecule has 1 N–H and O–H groups in total. The van der Waals surface area contributed by atoms with Crippen molar-refractivity contribution in [3.8, 4) is 11.5 Å². The summed E-state index contributed by atoms with van der Waals surface area (Å²) in [5, 5.41) is 9.44. The van der Waals surface area contributed by atoms with Crippen LogP contribution in [0.5, 0.6) is 11.5 Å². The first-order chi connectivity index (χ1) is 13.2. The van der Waals surface area contributed by atoms with Gasteiger partial charge in [-0.15, -0.1) is 0 Å². The van der Waals surface area contributed by atoms with Crippen molar-refractivity contribution in [3.63, 3.8) is 0 Å². The van der Waals surface area contributed by atoms with E-state index in [2.05, 4.69) is 4.98 Å². The van der Waals surface area contributed by atoms with Gasteiger partial charge in [-0.2, -0.15) is 0 Å². The van der Waals surface area contributed by atoms with Crippen molar-refractivity contribution in [2.24, 2.45) is 5.92 Å². The molecule has 2 aromatic rings. The van der Waals surface area contributed by atoms with E-state index >= 15 is 0 Å². The lowest BCUT2D eigenvalue weighted by Gasteiger charge is -2.22. The van der Waals surface area contributed by atoms with Crippen LogP contribution in [0.25, 0.3) is 6.08 Å². The Balaban J connectivity index is 1.44. The monoisotopic (exact) mass is 368 g/mol. The van der Waals surface area contributed by atoms with Gasteiger partial charge in [0, 0.05) is 36.9 Å². The lowest BCUT2D eigenvalue weighted by Crippen LogP contribution is -2.35. The first kappa shape index (κ1) is 17.7. The van der Waals surface area contributed by atoms with Crippen LogP contribution in [0.2, 0.25) is 0 Å². The largest absolute Gasteiger partial charge is 0.453 e. The first-order valence-electron chi connectivity index (χ1n) is 9.14. The number of halogens is 1. The zero-order chi connectivity index (χ0) is 18.8. The molecule has 140 valence electrons. The van der Waals surface area contributed by atoms with Crippen LogP contribution in [0.1, 0.15) is 24.8 Å². The van der Waals surface area contributed by atoms with Crippen LogP contribution < -0.4 is 4.74 Å². The molecule has 0 radical (unpaired) electrons. The van der Waals surface area contributed by atoms with Crippen molar-refractivity contribution in [2.45, 2.75) is 31.3 Å². The van der Waals surface area contributed by atoms with E-state index in [9.17, 15) is 14.3 Å². The maximum Gasteiger partial charge on any atom is 0.247 e. The van der Waals surface area contributed by atoms with Crippen LogP contribution in [-0.2, 0) is 4.79 Å². The summed E-state index contributed by atoms with van der Waals surface area (Å²) in [4.78, 5) is 18.4. The van der Waals surface area contributed by atoms with Crippen LogP contribution in [0, 0.1) is 11.7 Å². The second-order valence-electron chi connectivity index (χ2n) is 7.04. The number of aliphatic hydroxyl groups is 1. The maximum atomic E-state index is 14.3. The normalized spacial score (nSPS) is 23.9. The number of carbonyl (C=O) groups is 1. The molecule has 2 saturated heterocycles. The molecule has 1 amide bonds. The highest BCUT2D eigenvalue weighted by atomic mass is 19.1. The van der Waals surface area contributed by atoms with E-state index < -0.39 is 5.82 Å². The highest BCUT2D eigenvalue weighted by Crippen LogP contribution is 2.41. The number of pyridine rings is 1. The Kier molecular flexibility index (Phi) is 4.90. The summed E-state index contributed by atoms with van der Waals surface area (Å²) in [7, 11) is 0. The number of ether oxygens (including phenoxy) is 1. The maximum absolute atomic E-state index is 14.3. The summed E-state index contributed by atoms with van der Waals surface area (Å²) in [6.45, 7) is 0.123. The number of fused-ring (bicyclic) bond motifs is 2. The van der Waals surface area contributed by atoms with Gasteiger partial charge in [0.15, 0.2) is 11.6 Å². The van der Waals surface area contributed by atoms with Gasteiger partial charge in [0.25, 0.3) is 0 Å². The molecule has 2 bridgehead atoms. The third-order valence-electron chi connectivity index (χ3n) is 5.39. The minimum Gasteiger partial charge on any atom is -0.453 e. The molecule has 2 fully saturated rings. The first-order valence-corrected chi connectivity index (χ1v) is 9.14. The van der Waals surface area contributed by atoms with Gasteiger partial charge in [-0.1, -0.05) is 6.07 Å². The summed E-state index contributed by atoms with van der Waals surface area (Å²) in [6, 6.07) is 8.33. The Hall–Kier alpha value is -2.73. The number of benzene rings is 1. The molecule has 3 heterocycles.